The molecule has 0 aliphatic carbocycles. The summed E-state index contributed by atoms with van der Waals surface area (Å²) in [4.78, 5) is 26.8. The molecule has 1 N–H and O–H groups in total. The monoisotopic (exact) mass is 398 g/mol. The van der Waals surface area contributed by atoms with E-state index in [0.717, 1.165) is 11.3 Å². The van der Waals surface area contributed by atoms with Crippen molar-refractivity contribution in [3.63, 3.8) is 0 Å². The number of likely N-dealkylation sites (tertiary alicyclic amines) is 1. The summed E-state index contributed by atoms with van der Waals surface area (Å²) in [7, 11) is 4.73. The number of anilines is 1. The van der Waals surface area contributed by atoms with Gasteiger partial charge < -0.3 is 24.4 Å². The Balaban J connectivity index is 1.58. The van der Waals surface area contributed by atoms with Crippen molar-refractivity contribution < 1.29 is 23.8 Å². The second kappa shape index (κ2) is 9.32. The zero-order valence-corrected chi connectivity index (χ0v) is 16.9. The molecule has 1 unspecified atom stereocenters. The lowest BCUT2D eigenvalue weighted by Gasteiger charge is -2.17. The van der Waals surface area contributed by atoms with Crippen molar-refractivity contribution in [1.29, 1.82) is 0 Å². The van der Waals surface area contributed by atoms with E-state index in [9.17, 15) is 9.59 Å². The molecule has 7 heteroatoms. The molecule has 0 aromatic heterocycles. The Bertz CT molecular complexity index is 883. The molecular weight excluding hydrogens is 372 g/mol. The number of rotatable bonds is 8. The highest BCUT2D eigenvalue weighted by Crippen LogP contribution is 2.30. The first-order valence-corrected chi connectivity index (χ1v) is 9.47. The smallest absolute Gasteiger partial charge is 0.229 e. The van der Waals surface area contributed by atoms with Gasteiger partial charge >= 0.3 is 0 Å². The predicted molar refractivity (Wildman–Crippen MR) is 110 cm³/mol. The highest BCUT2D eigenvalue weighted by molar-refractivity contribution is 5.98. The van der Waals surface area contributed by atoms with Gasteiger partial charge in [0.1, 0.15) is 17.2 Å². The van der Waals surface area contributed by atoms with Crippen molar-refractivity contribution in [3.8, 4) is 17.2 Å². The lowest BCUT2D eigenvalue weighted by Crippen LogP contribution is -2.30. The second-order valence-electron chi connectivity index (χ2n) is 6.90. The maximum absolute atomic E-state index is 12.7. The van der Waals surface area contributed by atoms with Gasteiger partial charge in [-0.2, -0.15) is 0 Å². The van der Waals surface area contributed by atoms with E-state index in [2.05, 4.69) is 5.32 Å². The van der Waals surface area contributed by atoms with Crippen molar-refractivity contribution in [3.05, 3.63) is 48.0 Å². The SMILES string of the molecule is COc1cccc(CCN2CC(C(=O)Nc3ccc(OC)cc3OC)CC2=O)c1. The van der Waals surface area contributed by atoms with Crippen LogP contribution in [-0.2, 0) is 16.0 Å². The predicted octanol–water partition coefficient (Wildman–Crippen LogP) is 2.74. The molecule has 7 nitrogen and oxygen atoms in total. The Morgan fingerprint density at radius 3 is 2.55 bits per heavy atom. The van der Waals surface area contributed by atoms with Gasteiger partial charge in [0.25, 0.3) is 0 Å². The summed E-state index contributed by atoms with van der Waals surface area (Å²) >= 11 is 0. The van der Waals surface area contributed by atoms with Crippen LogP contribution < -0.4 is 19.5 Å². The molecule has 0 bridgehead atoms. The molecule has 2 aromatic carbocycles. The Morgan fingerprint density at radius 2 is 1.83 bits per heavy atom. The van der Waals surface area contributed by atoms with Crippen LogP contribution in [0.4, 0.5) is 5.69 Å². The molecule has 1 saturated heterocycles. The number of amides is 2. The number of methoxy groups -OCH3 is 3. The average Bonchev–Trinajstić information content (AvgIpc) is 3.13. The Hall–Kier alpha value is -3.22. The van der Waals surface area contributed by atoms with Gasteiger partial charge in [0.2, 0.25) is 11.8 Å². The van der Waals surface area contributed by atoms with Gasteiger partial charge in [0.05, 0.1) is 32.9 Å². The number of hydrogen-bond donors (Lipinski definition) is 1. The molecule has 29 heavy (non-hydrogen) atoms. The maximum atomic E-state index is 12.7. The van der Waals surface area contributed by atoms with E-state index >= 15 is 0 Å². The first-order valence-electron chi connectivity index (χ1n) is 9.47. The van der Waals surface area contributed by atoms with Gasteiger partial charge in [-0.25, -0.2) is 0 Å². The lowest BCUT2D eigenvalue weighted by atomic mass is 10.1. The van der Waals surface area contributed by atoms with Crippen LogP contribution in [0.25, 0.3) is 0 Å². The number of carbonyl (C=O) groups excluding carboxylic acids is 2. The Labute approximate surface area is 170 Å². The quantitative estimate of drug-likeness (QED) is 0.740. The molecule has 2 aromatic rings. The highest BCUT2D eigenvalue weighted by atomic mass is 16.5. The third-order valence-corrected chi connectivity index (χ3v) is 5.06. The van der Waals surface area contributed by atoms with E-state index in [1.54, 1.807) is 37.3 Å². The molecule has 1 aliphatic heterocycles. The summed E-state index contributed by atoms with van der Waals surface area (Å²) in [5.41, 5.74) is 1.65. The summed E-state index contributed by atoms with van der Waals surface area (Å²) in [6, 6.07) is 13.0. The third kappa shape index (κ3) is 4.99. The van der Waals surface area contributed by atoms with E-state index in [-0.39, 0.29) is 24.2 Å². The molecule has 3 rings (SSSR count). The minimum absolute atomic E-state index is 0.00487. The van der Waals surface area contributed by atoms with Gasteiger partial charge in [-0.05, 0) is 36.2 Å². The molecular formula is C22H26N2O5. The number of ether oxygens (including phenoxy) is 3. The summed E-state index contributed by atoms with van der Waals surface area (Å²) in [5, 5.41) is 2.87. The zero-order valence-electron chi connectivity index (χ0n) is 16.9. The number of carbonyl (C=O) groups is 2. The zero-order chi connectivity index (χ0) is 20.8. The molecule has 1 atom stereocenters. The van der Waals surface area contributed by atoms with Crippen molar-refractivity contribution in [2.75, 3.05) is 39.7 Å². The number of hydrogen-bond acceptors (Lipinski definition) is 5. The third-order valence-electron chi connectivity index (χ3n) is 5.06. The van der Waals surface area contributed by atoms with E-state index in [0.29, 0.717) is 36.7 Å². The normalized spacial score (nSPS) is 15.9. The molecule has 1 fully saturated rings. The van der Waals surface area contributed by atoms with E-state index < -0.39 is 0 Å². The lowest BCUT2D eigenvalue weighted by molar-refractivity contribution is -0.128. The van der Waals surface area contributed by atoms with Crippen LogP contribution in [0.2, 0.25) is 0 Å². The largest absolute Gasteiger partial charge is 0.497 e. The van der Waals surface area contributed by atoms with Gasteiger partial charge in [0.15, 0.2) is 0 Å². The summed E-state index contributed by atoms with van der Waals surface area (Å²) in [5.74, 6) is 1.36. The fourth-order valence-corrected chi connectivity index (χ4v) is 3.39. The molecule has 1 heterocycles. The second-order valence-corrected chi connectivity index (χ2v) is 6.90. The average molecular weight is 398 g/mol. The molecule has 1 aliphatic rings. The van der Waals surface area contributed by atoms with E-state index in [1.165, 1.54) is 7.11 Å². The minimum Gasteiger partial charge on any atom is -0.497 e. The van der Waals surface area contributed by atoms with Crippen molar-refractivity contribution >= 4 is 17.5 Å². The Morgan fingerprint density at radius 1 is 1.07 bits per heavy atom. The maximum Gasteiger partial charge on any atom is 0.229 e. The number of nitrogens with one attached hydrogen (secondary N) is 1. The fraction of sp³-hybridized carbons (Fsp3) is 0.364. The summed E-state index contributed by atoms with van der Waals surface area (Å²) in [6.45, 7) is 0.981. The van der Waals surface area contributed by atoms with Crippen LogP contribution in [0.3, 0.4) is 0 Å². The van der Waals surface area contributed by atoms with E-state index in [1.807, 2.05) is 24.3 Å². The molecule has 2 amide bonds. The van der Waals surface area contributed by atoms with Gasteiger partial charge in [0, 0.05) is 25.6 Å². The Kier molecular flexibility index (Phi) is 6.59. The van der Waals surface area contributed by atoms with E-state index in [4.69, 9.17) is 14.2 Å². The summed E-state index contributed by atoms with van der Waals surface area (Å²) < 4.78 is 15.7. The molecule has 0 spiro atoms. The van der Waals surface area contributed by atoms with Gasteiger partial charge in [-0.1, -0.05) is 12.1 Å². The van der Waals surface area contributed by atoms with Crippen molar-refractivity contribution in [2.24, 2.45) is 5.92 Å². The van der Waals surface area contributed by atoms with Crippen LogP contribution in [0.1, 0.15) is 12.0 Å². The van der Waals surface area contributed by atoms with Gasteiger partial charge in [-0.3, -0.25) is 9.59 Å². The number of benzene rings is 2. The topological polar surface area (TPSA) is 77.1 Å². The standard InChI is InChI=1S/C22H26N2O5/c1-27-17-6-4-5-15(11-17)9-10-24-14-16(12-21(24)25)22(26)23-19-8-7-18(28-2)13-20(19)29-3/h4-8,11,13,16H,9-10,12,14H2,1-3H3,(H,23,26). The van der Waals surface area contributed by atoms with Crippen molar-refractivity contribution in [1.82, 2.24) is 4.90 Å². The van der Waals surface area contributed by atoms with Crippen LogP contribution in [0.15, 0.2) is 42.5 Å². The first kappa shape index (κ1) is 20.5. The summed E-state index contributed by atoms with van der Waals surface area (Å²) in [6.07, 6.45) is 0.923. The molecule has 0 saturated carbocycles. The van der Waals surface area contributed by atoms with Crippen LogP contribution in [-0.4, -0.2) is 51.1 Å². The fourth-order valence-electron chi connectivity index (χ4n) is 3.39. The minimum atomic E-state index is -0.389. The van der Waals surface area contributed by atoms with Crippen LogP contribution >= 0.6 is 0 Å². The van der Waals surface area contributed by atoms with Crippen LogP contribution in [0, 0.1) is 5.92 Å². The van der Waals surface area contributed by atoms with Gasteiger partial charge in [-0.15, -0.1) is 0 Å². The first-order chi connectivity index (χ1) is 14.0. The molecule has 0 radical (unpaired) electrons. The van der Waals surface area contributed by atoms with Crippen molar-refractivity contribution in [2.45, 2.75) is 12.8 Å². The highest BCUT2D eigenvalue weighted by Gasteiger charge is 2.34. The van der Waals surface area contributed by atoms with Crippen LogP contribution in [0.5, 0.6) is 17.2 Å². The number of nitrogens with zero attached hydrogens (tertiary/aromatic N) is 1. The molecule has 154 valence electrons.